The molecule has 0 spiro atoms. The number of ether oxygens (including phenoxy) is 2. The molecule has 14 heavy (non-hydrogen) atoms. The first kappa shape index (κ1) is 13.4. The van der Waals surface area contributed by atoms with Gasteiger partial charge in [-0.3, -0.25) is 4.79 Å². The van der Waals surface area contributed by atoms with E-state index in [0.717, 1.165) is 13.0 Å². The summed E-state index contributed by atoms with van der Waals surface area (Å²) in [6.07, 6.45) is 0.993. The maximum atomic E-state index is 11.4. The van der Waals surface area contributed by atoms with Crippen molar-refractivity contribution in [2.75, 3.05) is 27.4 Å². The Morgan fingerprint density at radius 3 is 2.50 bits per heavy atom. The third-order valence-corrected chi connectivity index (χ3v) is 2.07. The highest BCUT2D eigenvalue weighted by Gasteiger charge is 2.24. The van der Waals surface area contributed by atoms with Crippen molar-refractivity contribution >= 4 is 5.97 Å². The fraction of sp³-hybridized carbons (Fsp3) is 0.900. The van der Waals surface area contributed by atoms with Gasteiger partial charge < -0.3 is 14.8 Å². The number of esters is 1. The minimum absolute atomic E-state index is 0.124. The first-order valence-electron chi connectivity index (χ1n) is 4.97. The molecule has 1 N–H and O–H groups in total. The van der Waals surface area contributed by atoms with Gasteiger partial charge in [0, 0.05) is 13.0 Å². The number of carbonyl (C=O) groups is 1. The third-order valence-electron chi connectivity index (χ3n) is 2.07. The van der Waals surface area contributed by atoms with Crippen molar-refractivity contribution in [2.45, 2.75) is 26.3 Å². The van der Waals surface area contributed by atoms with Crippen LogP contribution in [0.1, 0.15) is 20.3 Å². The summed E-state index contributed by atoms with van der Waals surface area (Å²) in [6, 6.07) is -0.264. The fourth-order valence-corrected chi connectivity index (χ4v) is 1.30. The van der Waals surface area contributed by atoms with Gasteiger partial charge >= 0.3 is 5.97 Å². The minimum atomic E-state index is -0.264. The molecule has 0 saturated carbocycles. The van der Waals surface area contributed by atoms with E-state index in [2.05, 4.69) is 12.2 Å². The number of carbonyl (C=O) groups excluding carboxylic acids is 1. The Bertz CT molecular complexity index is 161. The zero-order valence-electron chi connectivity index (χ0n) is 9.50. The number of rotatable bonds is 7. The average Bonchev–Trinajstić information content (AvgIpc) is 2.18. The smallest absolute Gasteiger partial charge is 0.323 e. The lowest BCUT2D eigenvalue weighted by Gasteiger charge is -2.22. The SMILES string of the molecule is CCCNC(C(=O)OC)C(C)COC. The summed E-state index contributed by atoms with van der Waals surface area (Å²) in [6.45, 7) is 5.39. The second-order valence-electron chi connectivity index (χ2n) is 3.39. The molecule has 2 atom stereocenters. The summed E-state index contributed by atoms with van der Waals surface area (Å²) < 4.78 is 9.73. The van der Waals surface area contributed by atoms with E-state index >= 15 is 0 Å². The van der Waals surface area contributed by atoms with Gasteiger partial charge in [-0.05, 0) is 13.0 Å². The molecule has 0 radical (unpaired) electrons. The molecule has 4 nitrogen and oxygen atoms in total. The molecule has 0 heterocycles. The highest BCUT2D eigenvalue weighted by Crippen LogP contribution is 2.05. The standard InChI is InChI=1S/C10H21NO3/c1-5-6-11-9(10(12)14-4)8(2)7-13-3/h8-9,11H,5-7H2,1-4H3. The van der Waals surface area contributed by atoms with Crippen LogP contribution in [0.2, 0.25) is 0 Å². The lowest BCUT2D eigenvalue weighted by Crippen LogP contribution is -2.44. The lowest BCUT2D eigenvalue weighted by molar-refractivity contribution is -0.145. The zero-order valence-corrected chi connectivity index (χ0v) is 9.50. The van der Waals surface area contributed by atoms with Crippen molar-refractivity contribution in [3.05, 3.63) is 0 Å². The van der Waals surface area contributed by atoms with E-state index < -0.39 is 0 Å². The van der Waals surface area contributed by atoms with Crippen molar-refractivity contribution in [3.63, 3.8) is 0 Å². The van der Waals surface area contributed by atoms with E-state index in [0.29, 0.717) is 6.61 Å². The second kappa shape index (κ2) is 7.76. The summed E-state index contributed by atoms with van der Waals surface area (Å²) >= 11 is 0. The van der Waals surface area contributed by atoms with Gasteiger partial charge in [0.2, 0.25) is 0 Å². The lowest BCUT2D eigenvalue weighted by atomic mass is 10.0. The molecule has 0 fully saturated rings. The quantitative estimate of drug-likeness (QED) is 0.622. The summed E-state index contributed by atoms with van der Waals surface area (Å²) in [5.74, 6) is -0.0954. The maximum Gasteiger partial charge on any atom is 0.323 e. The van der Waals surface area contributed by atoms with Crippen molar-refractivity contribution in [1.29, 1.82) is 0 Å². The molecule has 4 heteroatoms. The number of methoxy groups -OCH3 is 2. The van der Waals surface area contributed by atoms with Crippen LogP contribution in [-0.2, 0) is 14.3 Å². The minimum Gasteiger partial charge on any atom is -0.468 e. The molecule has 0 aromatic rings. The van der Waals surface area contributed by atoms with Crippen LogP contribution in [-0.4, -0.2) is 39.4 Å². The fourth-order valence-electron chi connectivity index (χ4n) is 1.30. The summed E-state index contributed by atoms with van der Waals surface area (Å²) in [4.78, 5) is 11.4. The van der Waals surface area contributed by atoms with Crippen LogP contribution in [0.4, 0.5) is 0 Å². The molecular formula is C10H21NO3. The van der Waals surface area contributed by atoms with E-state index in [1.807, 2.05) is 6.92 Å². The van der Waals surface area contributed by atoms with Crippen molar-refractivity contribution in [2.24, 2.45) is 5.92 Å². The molecule has 0 aromatic carbocycles. The maximum absolute atomic E-state index is 11.4. The normalized spacial score (nSPS) is 14.9. The molecule has 0 aliphatic heterocycles. The van der Waals surface area contributed by atoms with Gasteiger partial charge in [-0.15, -0.1) is 0 Å². The Hall–Kier alpha value is -0.610. The highest BCUT2D eigenvalue weighted by atomic mass is 16.5. The van der Waals surface area contributed by atoms with Gasteiger partial charge in [0.15, 0.2) is 0 Å². The zero-order chi connectivity index (χ0) is 11.0. The number of nitrogens with one attached hydrogen (secondary N) is 1. The second-order valence-corrected chi connectivity index (χ2v) is 3.39. The molecule has 0 aliphatic rings. The van der Waals surface area contributed by atoms with Crippen molar-refractivity contribution in [1.82, 2.24) is 5.32 Å². The van der Waals surface area contributed by atoms with Crippen LogP contribution >= 0.6 is 0 Å². The molecular weight excluding hydrogens is 182 g/mol. The highest BCUT2D eigenvalue weighted by molar-refractivity contribution is 5.76. The van der Waals surface area contributed by atoms with Crippen LogP contribution in [0.5, 0.6) is 0 Å². The molecule has 0 aromatic heterocycles. The summed E-state index contributed by atoms with van der Waals surface area (Å²) in [7, 11) is 3.03. The van der Waals surface area contributed by atoms with Crippen LogP contribution < -0.4 is 5.32 Å². The Kier molecular flexibility index (Phi) is 7.42. The Morgan fingerprint density at radius 1 is 1.43 bits per heavy atom. The van der Waals surface area contributed by atoms with E-state index in [4.69, 9.17) is 9.47 Å². The summed E-state index contributed by atoms with van der Waals surface area (Å²) in [5, 5.41) is 3.15. The molecule has 0 amide bonds. The van der Waals surface area contributed by atoms with E-state index in [1.54, 1.807) is 7.11 Å². The van der Waals surface area contributed by atoms with Gasteiger partial charge in [0.25, 0.3) is 0 Å². The number of hydrogen-bond acceptors (Lipinski definition) is 4. The van der Waals surface area contributed by atoms with E-state index in [1.165, 1.54) is 7.11 Å². The third kappa shape index (κ3) is 4.58. The predicted molar refractivity (Wildman–Crippen MR) is 55.1 cm³/mol. The predicted octanol–water partition coefficient (Wildman–Crippen LogP) is 0.810. The summed E-state index contributed by atoms with van der Waals surface area (Å²) in [5.41, 5.74) is 0. The van der Waals surface area contributed by atoms with Crippen molar-refractivity contribution in [3.8, 4) is 0 Å². The Morgan fingerprint density at radius 2 is 2.07 bits per heavy atom. The first-order chi connectivity index (χ1) is 6.67. The Labute approximate surface area is 86.0 Å². The molecule has 0 aliphatic carbocycles. The number of hydrogen-bond donors (Lipinski definition) is 1. The first-order valence-corrected chi connectivity index (χ1v) is 4.97. The molecule has 84 valence electrons. The molecule has 0 rings (SSSR count). The van der Waals surface area contributed by atoms with E-state index in [9.17, 15) is 4.79 Å². The van der Waals surface area contributed by atoms with Crippen molar-refractivity contribution < 1.29 is 14.3 Å². The largest absolute Gasteiger partial charge is 0.468 e. The molecule has 2 unspecified atom stereocenters. The van der Waals surface area contributed by atoms with Gasteiger partial charge in [-0.1, -0.05) is 13.8 Å². The van der Waals surface area contributed by atoms with Crippen LogP contribution in [0.3, 0.4) is 0 Å². The Balaban J connectivity index is 4.14. The van der Waals surface area contributed by atoms with E-state index in [-0.39, 0.29) is 17.9 Å². The monoisotopic (exact) mass is 203 g/mol. The molecule has 0 bridgehead atoms. The topological polar surface area (TPSA) is 47.6 Å². The van der Waals surface area contributed by atoms with Crippen LogP contribution in [0.15, 0.2) is 0 Å². The van der Waals surface area contributed by atoms with Gasteiger partial charge in [-0.25, -0.2) is 0 Å². The molecule has 0 saturated heterocycles. The van der Waals surface area contributed by atoms with Crippen LogP contribution in [0, 0.1) is 5.92 Å². The van der Waals surface area contributed by atoms with Gasteiger partial charge in [0.05, 0.1) is 13.7 Å². The van der Waals surface area contributed by atoms with Gasteiger partial charge in [-0.2, -0.15) is 0 Å². The average molecular weight is 203 g/mol. The van der Waals surface area contributed by atoms with Gasteiger partial charge in [0.1, 0.15) is 6.04 Å². The van der Waals surface area contributed by atoms with Crippen LogP contribution in [0.25, 0.3) is 0 Å².